The Morgan fingerprint density at radius 2 is 1.32 bits per heavy atom. The van der Waals surface area contributed by atoms with Crippen molar-refractivity contribution in [2.75, 3.05) is 7.11 Å². The molecule has 0 aliphatic heterocycles. The second kappa shape index (κ2) is 10.1. The maximum Gasteiger partial charge on any atom is 0.133 e. The molecule has 0 aromatic heterocycles. The van der Waals surface area contributed by atoms with Crippen molar-refractivity contribution in [1.29, 1.82) is 0 Å². The summed E-state index contributed by atoms with van der Waals surface area (Å²) in [6.45, 7) is 2.67. The number of rotatable bonds is 7. The Labute approximate surface area is 205 Å². The zero-order valence-electron chi connectivity index (χ0n) is 19.3. The van der Waals surface area contributed by atoms with E-state index in [0.29, 0.717) is 6.61 Å². The van der Waals surface area contributed by atoms with E-state index in [1.54, 1.807) is 18.9 Å². The molecule has 34 heavy (non-hydrogen) atoms. The molecular weight excluding hydrogens is 436 g/mol. The first-order chi connectivity index (χ1) is 16.7. The van der Waals surface area contributed by atoms with Crippen molar-refractivity contribution in [3.63, 3.8) is 0 Å². The summed E-state index contributed by atoms with van der Waals surface area (Å²) >= 11 is 1.71. The standard InChI is InChI=1S/C31H26O2S/c1-22-18-28(33-21-23-12-6-3-7-13-23)26-19-29(32-2)30(34-25-16-10-5-11-17-25)20-27(26)31(22)24-14-8-4-9-15-24/h3-20H,21H2,1-2H3. The second-order valence-electron chi connectivity index (χ2n) is 8.17. The predicted molar refractivity (Wildman–Crippen MR) is 142 cm³/mol. The molecule has 3 heteroatoms. The van der Waals surface area contributed by atoms with E-state index in [4.69, 9.17) is 9.47 Å². The Morgan fingerprint density at radius 1 is 0.676 bits per heavy atom. The normalized spacial score (nSPS) is 10.9. The largest absolute Gasteiger partial charge is 0.496 e. The van der Waals surface area contributed by atoms with Gasteiger partial charge in [-0.2, -0.15) is 0 Å². The molecule has 0 atom stereocenters. The average Bonchev–Trinajstić information content (AvgIpc) is 2.89. The molecule has 0 aliphatic carbocycles. The minimum Gasteiger partial charge on any atom is -0.496 e. The summed E-state index contributed by atoms with van der Waals surface area (Å²) in [7, 11) is 1.73. The van der Waals surface area contributed by atoms with E-state index in [1.807, 2.05) is 24.3 Å². The van der Waals surface area contributed by atoms with E-state index in [9.17, 15) is 0 Å². The van der Waals surface area contributed by atoms with Crippen molar-refractivity contribution in [2.24, 2.45) is 0 Å². The molecule has 0 spiro atoms. The van der Waals surface area contributed by atoms with E-state index in [2.05, 4.69) is 91.9 Å². The van der Waals surface area contributed by atoms with Gasteiger partial charge in [-0.05, 0) is 64.9 Å². The van der Waals surface area contributed by atoms with Gasteiger partial charge in [-0.25, -0.2) is 0 Å². The third-order valence-corrected chi connectivity index (χ3v) is 6.90. The molecule has 5 rings (SSSR count). The van der Waals surface area contributed by atoms with Crippen LogP contribution in [-0.2, 0) is 6.61 Å². The van der Waals surface area contributed by atoms with Gasteiger partial charge in [0.15, 0.2) is 0 Å². The quantitative estimate of drug-likeness (QED) is 0.241. The molecule has 5 aromatic rings. The zero-order valence-corrected chi connectivity index (χ0v) is 20.1. The molecule has 0 amide bonds. The van der Waals surface area contributed by atoms with Crippen LogP contribution in [0.25, 0.3) is 21.9 Å². The lowest BCUT2D eigenvalue weighted by Crippen LogP contribution is -1.98. The van der Waals surface area contributed by atoms with Crippen molar-refractivity contribution in [3.05, 3.63) is 120 Å². The first-order valence-corrected chi connectivity index (χ1v) is 12.1. The fraction of sp³-hybridized carbons (Fsp3) is 0.0968. The van der Waals surface area contributed by atoms with E-state index in [-0.39, 0.29) is 0 Å². The summed E-state index contributed by atoms with van der Waals surface area (Å²) in [6.07, 6.45) is 0. The van der Waals surface area contributed by atoms with Gasteiger partial charge in [-0.15, -0.1) is 0 Å². The number of ether oxygens (including phenoxy) is 2. The Hall–Kier alpha value is -3.69. The van der Waals surface area contributed by atoms with Crippen LogP contribution in [0.3, 0.4) is 0 Å². The van der Waals surface area contributed by atoms with Gasteiger partial charge < -0.3 is 9.47 Å². The van der Waals surface area contributed by atoms with Crippen molar-refractivity contribution in [1.82, 2.24) is 0 Å². The van der Waals surface area contributed by atoms with E-state index < -0.39 is 0 Å². The third kappa shape index (κ3) is 4.66. The van der Waals surface area contributed by atoms with Gasteiger partial charge in [0.1, 0.15) is 18.1 Å². The summed E-state index contributed by atoms with van der Waals surface area (Å²) < 4.78 is 12.2. The molecule has 0 bridgehead atoms. The second-order valence-corrected chi connectivity index (χ2v) is 9.29. The molecule has 0 N–H and O–H groups in total. The van der Waals surface area contributed by atoms with Crippen LogP contribution < -0.4 is 9.47 Å². The lowest BCUT2D eigenvalue weighted by atomic mass is 9.93. The molecule has 0 heterocycles. The fourth-order valence-corrected chi connectivity index (χ4v) is 5.19. The minimum absolute atomic E-state index is 0.517. The number of hydrogen-bond donors (Lipinski definition) is 0. The zero-order chi connectivity index (χ0) is 23.3. The Balaban J connectivity index is 1.67. The fourth-order valence-electron chi connectivity index (χ4n) is 4.23. The van der Waals surface area contributed by atoms with E-state index in [0.717, 1.165) is 32.7 Å². The highest BCUT2D eigenvalue weighted by molar-refractivity contribution is 7.99. The maximum atomic E-state index is 6.37. The highest BCUT2D eigenvalue weighted by atomic mass is 32.2. The monoisotopic (exact) mass is 462 g/mol. The first kappa shape index (κ1) is 22.1. The number of methoxy groups -OCH3 is 1. The molecule has 0 unspecified atom stereocenters. The van der Waals surface area contributed by atoms with Gasteiger partial charge >= 0.3 is 0 Å². The highest BCUT2D eigenvalue weighted by Crippen LogP contribution is 2.44. The molecule has 0 aliphatic rings. The lowest BCUT2D eigenvalue weighted by Gasteiger charge is -2.18. The molecule has 0 radical (unpaired) electrons. The van der Waals surface area contributed by atoms with Crippen LogP contribution in [0.15, 0.2) is 119 Å². The summed E-state index contributed by atoms with van der Waals surface area (Å²) in [4.78, 5) is 2.26. The Bertz CT molecular complexity index is 1400. The van der Waals surface area contributed by atoms with E-state index in [1.165, 1.54) is 21.6 Å². The number of hydrogen-bond acceptors (Lipinski definition) is 3. The van der Waals surface area contributed by atoms with Gasteiger partial charge in [0.05, 0.1) is 12.0 Å². The van der Waals surface area contributed by atoms with Crippen LogP contribution in [0.1, 0.15) is 11.1 Å². The minimum atomic E-state index is 0.517. The van der Waals surface area contributed by atoms with Gasteiger partial charge in [0.2, 0.25) is 0 Å². The van der Waals surface area contributed by atoms with Crippen LogP contribution in [-0.4, -0.2) is 7.11 Å². The average molecular weight is 463 g/mol. The van der Waals surface area contributed by atoms with Gasteiger partial charge in [0.25, 0.3) is 0 Å². The maximum absolute atomic E-state index is 6.37. The van der Waals surface area contributed by atoms with E-state index >= 15 is 0 Å². The van der Waals surface area contributed by atoms with Crippen LogP contribution in [0.2, 0.25) is 0 Å². The summed E-state index contributed by atoms with van der Waals surface area (Å²) in [5.41, 5.74) is 4.74. The van der Waals surface area contributed by atoms with Crippen LogP contribution in [0.5, 0.6) is 11.5 Å². The number of fused-ring (bicyclic) bond motifs is 1. The van der Waals surface area contributed by atoms with Gasteiger partial charge in [0, 0.05) is 10.3 Å². The molecule has 168 valence electrons. The molecule has 0 fully saturated rings. The van der Waals surface area contributed by atoms with Crippen molar-refractivity contribution in [2.45, 2.75) is 23.3 Å². The summed E-state index contributed by atoms with van der Waals surface area (Å²) in [6, 6.07) is 37.7. The van der Waals surface area contributed by atoms with Gasteiger partial charge in [-0.1, -0.05) is 90.6 Å². The highest BCUT2D eigenvalue weighted by Gasteiger charge is 2.17. The van der Waals surface area contributed by atoms with Crippen molar-refractivity contribution >= 4 is 22.5 Å². The molecule has 0 saturated heterocycles. The van der Waals surface area contributed by atoms with Crippen LogP contribution in [0.4, 0.5) is 0 Å². The summed E-state index contributed by atoms with van der Waals surface area (Å²) in [5.74, 6) is 1.71. The smallest absolute Gasteiger partial charge is 0.133 e. The Morgan fingerprint density at radius 3 is 2.00 bits per heavy atom. The SMILES string of the molecule is COc1cc2c(OCc3ccccc3)cc(C)c(-c3ccccc3)c2cc1Sc1ccccc1. The van der Waals surface area contributed by atoms with Crippen molar-refractivity contribution in [3.8, 4) is 22.6 Å². The lowest BCUT2D eigenvalue weighted by molar-refractivity contribution is 0.309. The topological polar surface area (TPSA) is 18.5 Å². The Kier molecular flexibility index (Phi) is 6.55. The predicted octanol–water partition coefficient (Wildman–Crippen LogP) is 8.55. The number of benzene rings is 5. The van der Waals surface area contributed by atoms with Crippen LogP contribution >= 0.6 is 11.8 Å². The van der Waals surface area contributed by atoms with Crippen molar-refractivity contribution < 1.29 is 9.47 Å². The van der Waals surface area contributed by atoms with Crippen LogP contribution in [0, 0.1) is 6.92 Å². The van der Waals surface area contributed by atoms with Gasteiger partial charge in [-0.3, -0.25) is 0 Å². The molecule has 5 aromatic carbocycles. The summed E-state index contributed by atoms with van der Waals surface area (Å²) in [5, 5.41) is 2.21. The molecular formula is C31H26O2S. The third-order valence-electron chi connectivity index (χ3n) is 5.85. The molecule has 0 saturated carbocycles. The first-order valence-electron chi connectivity index (χ1n) is 11.3. The number of aryl methyl sites for hydroxylation is 1. The molecule has 2 nitrogen and oxygen atoms in total.